The summed E-state index contributed by atoms with van der Waals surface area (Å²) in [4.78, 5) is 36.0. The molecule has 2 aliphatic carbocycles. The number of cyclic esters (lactones) is 2. The molecule has 1 saturated heterocycles. The molecule has 0 aromatic carbocycles. The van der Waals surface area contributed by atoms with Crippen LogP contribution in [0.4, 0.5) is 0 Å². The molecule has 2 fully saturated rings. The van der Waals surface area contributed by atoms with E-state index in [0.29, 0.717) is 6.61 Å². The highest BCUT2D eigenvalue weighted by molar-refractivity contribution is 6.00. The molecule has 5 heteroatoms. The number of carbonyl (C=O) groups is 3. The number of rotatable bonds is 3. The summed E-state index contributed by atoms with van der Waals surface area (Å²) >= 11 is 0. The molecular weight excluding hydrogens is 296 g/mol. The highest BCUT2D eigenvalue weighted by Gasteiger charge is 2.54. The molecule has 124 valence electrons. The lowest BCUT2D eigenvalue weighted by Gasteiger charge is -2.38. The normalized spacial score (nSPS) is 31.7. The van der Waals surface area contributed by atoms with Gasteiger partial charge in [-0.1, -0.05) is 18.1 Å². The van der Waals surface area contributed by atoms with E-state index in [1.807, 2.05) is 6.92 Å². The van der Waals surface area contributed by atoms with E-state index in [-0.39, 0.29) is 18.3 Å². The van der Waals surface area contributed by atoms with E-state index in [2.05, 4.69) is 0 Å². The van der Waals surface area contributed by atoms with Crippen LogP contribution in [0, 0.1) is 17.8 Å². The highest BCUT2D eigenvalue weighted by atomic mass is 16.6. The van der Waals surface area contributed by atoms with Crippen molar-refractivity contribution in [2.75, 3.05) is 6.61 Å². The van der Waals surface area contributed by atoms with Gasteiger partial charge in [-0.3, -0.25) is 14.4 Å². The molecule has 0 amide bonds. The van der Waals surface area contributed by atoms with E-state index in [9.17, 15) is 14.4 Å². The lowest BCUT2D eigenvalue weighted by Crippen LogP contribution is -2.35. The van der Waals surface area contributed by atoms with Crippen molar-refractivity contribution in [3.8, 4) is 0 Å². The number of carbonyl (C=O) groups excluding carboxylic acids is 3. The van der Waals surface area contributed by atoms with E-state index in [0.717, 1.165) is 36.8 Å². The van der Waals surface area contributed by atoms with Crippen molar-refractivity contribution >= 4 is 17.9 Å². The first-order valence-corrected chi connectivity index (χ1v) is 8.35. The third kappa shape index (κ3) is 2.73. The summed E-state index contributed by atoms with van der Waals surface area (Å²) in [7, 11) is 0. The lowest BCUT2D eigenvalue weighted by atomic mass is 9.63. The van der Waals surface area contributed by atoms with Crippen molar-refractivity contribution in [3.63, 3.8) is 0 Å². The van der Waals surface area contributed by atoms with Gasteiger partial charge in [-0.25, -0.2) is 0 Å². The summed E-state index contributed by atoms with van der Waals surface area (Å²) in [6.07, 6.45) is 5.94. The van der Waals surface area contributed by atoms with Gasteiger partial charge in [0.15, 0.2) is 0 Å². The first-order valence-electron chi connectivity index (χ1n) is 8.35. The Morgan fingerprint density at radius 3 is 2.83 bits per heavy atom. The van der Waals surface area contributed by atoms with Crippen LogP contribution in [0.15, 0.2) is 22.8 Å². The zero-order valence-electron chi connectivity index (χ0n) is 13.6. The Hall–Kier alpha value is -1.91. The Morgan fingerprint density at radius 1 is 1.30 bits per heavy atom. The Morgan fingerprint density at radius 2 is 2.09 bits per heavy atom. The van der Waals surface area contributed by atoms with E-state index in [4.69, 9.17) is 9.47 Å². The van der Waals surface area contributed by atoms with Crippen LogP contribution in [0.2, 0.25) is 0 Å². The molecule has 0 N–H and O–H groups in total. The van der Waals surface area contributed by atoms with Crippen LogP contribution in [0.25, 0.3) is 0 Å². The minimum atomic E-state index is -0.552. The molecule has 23 heavy (non-hydrogen) atoms. The summed E-state index contributed by atoms with van der Waals surface area (Å²) in [5, 5.41) is 0. The maximum Gasteiger partial charge on any atom is 0.321 e. The number of fused-ring (bicyclic) bond motifs is 3. The molecule has 1 aliphatic heterocycles. The topological polar surface area (TPSA) is 69.7 Å². The number of esters is 3. The molecule has 0 aromatic rings. The molecule has 3 unspecified atom stereocenters. The molecular formula is C18H22O5. The van der Waals surface area contributed by atoms with E-state index in [1.54, 1.807) is 13.0 Å². The van der Waals surface area contributed by atoms with Crippen LogP contribution in [-0.4, -0.2) is 24.5 Å². The van der Waals surface area contributed by atoms with Gasteiger partial charge in [0.25, 0.3) is 0 Å². The molecule has 5 nitrogen and oxygen atoms in total. The third-order valence-corrected chi connectivity index (χ3v) is 5.22. The summed E-state index contributed by atoms with van der Waals surface area (Å²) in [6.45, 7) is 4.09. The van der Waals surface area contributed by atoms with Crippen LogP contribution >= 0.6 is 0 Å². The first-order chi connectivity index (χ1) is 11.0. The molecule has 0 spiro atoms. The molecule has 0 radical (unpaired) electrons. The van der Waals surface area contributed by atoms with E-state index in [1.165, 1.54) is 5.57 Å². The van der Waals surface area contributed by atoms with Crippen molar-refractivity contribution in [2.45, 2.75) is 46.0 Å². The van der Waals surface area contributed by atoms with Crippen molar-refractivity contribution in [1.82, 2.24) is 0 Å². The fraction of sp³-hybridized carbons (Fsp3) is 0.611. The Kier molecular flexibility index (Phi) is 4.37. The second-order valence-corrected chi connectivity index (χ2v) is 6.41. The highest BCUT2D eigenvalue weighted by Crippen LogP contribution is 2.51. The average Bonchev–Trinajstić information content (AvgIpc) is 2.82. The van der Waals surface area contributed by atoms with Crippen LogP contribution in [0.1, 0.15) is 46.0 Å². The van der Waals surface area contributed by atoms with Gasteiger partial charge in [0.05, 0.1) is 24.9 Å². The van der Waals surface area contributed by atoms with E-state index >= 15 is 0 Å². The quantitative estimate of drug-likeness (QED) is 0.591. The smallest absolute Gasteiger partial charge is 0.321 e. The molecule has 1 heterocycles. The SMILES string of the molecule is CCOC(=O)C/C=C1\C(C)=C2CCCCC2C2C(=O)OC(=O)C12. The minimum absolute atomic E-state index is 0.114. The van der Waals surface area contributed by atoms with Crippen LogP contribution in [0.3, 0.4) is 0 Å². The zero-order chi connectivity index (χ0) is 16.6. The number of hydrogen-bond acceptors (Lipinski definition) is 5. The van der Waals surface area contributed by atoms with Gasteiger partial charge in [0, 0.05) is 0 Å². The summed E-state index contributed by atoms with van der Waals surface area (Å²) in [5.74, 6) is -2.04. The van der Waals surface area contributed by atoms with Gasteiger partial charge in [0.2, 0.25) is 0 Å². The predicted molar refractivity (Wildman–Crippen MR) is 82.1 cm³/mol. The number of hydrogen-bond donors (Lipinski definition) is 0. The van der Waals surface area contributed by atoms with Gasteiger partial charge in [-0.05, 0) is 50.2 Å². The van der Waals surface area contributed by atoms with Crippen LogP contribution in [-0.2, 0) is 23.9 Å². The molecule has 0 bridgehead atoms. The zero-order valence-corrected chi connectivity index (χ0v) is 13.6. The van der Waals surface area contributed by atoms with Crippen LogP contribution < -0.4 is 0 Å². The molecule has 3 rings (SSSR count). The molecule has 1 saturated carbocycles. The molecule has 3 aliphatic rings. The van der Waals surface area contributed by atoms with Gasteiger partial charge in [-0.2, -0.15) is 0 Å². The fourth-order valence-corrected chi connectivity index (χ4v) is 4.24. The maximum atomic E-state index is 12.2. The summed E-state index contributed by atoms with van der Waals surface area (Å²) in [6, 6.07) is 0. The van der Waals surface area contributed by atoms with Gasteiger partial charge in [0.1, 0.15) is 0 Å². The Bertz CT molecular complexity index is 613. The first kappa shape index (κ1) is 16.0. The maximum absolute atomic E-state index is 12.2. The van der Waals surface area contributed by atoms with Crippen LogP contribution in [0.5, 0.6) is 0 Å². The van der Waals surface area contributed by atoms with Crippen molar-refractivity contribution in [3.05, 3.63) is 22.8 Å². The standard InChI is InChI=1S/C18H22O5/c1-3-22-14(19)9-8-12-10(2)11-6-4-5-7-13(11)16-15(12)17(20)23-18(16)21/h8,13,15-16H,3-7,9H2,1-2H3/b12-8+. The average molecular weight is 318 g/mol. The monoisotopic (exact) mass is 318 g/mol. The second-order valence-electron chi connectivity index (χ2n) is 6.41. The largest absolute Gasteiger partial charge is 0.466 e. The summed E-state index contributed by atoms with van der Waals surface area (Å²) < 4.78 is 9.88. The Labute approximate surface area is 135 Å². The van der Waals surface area contributed by atoms with Crippen molar-refractivity contribution in [1.29, 1.82) is 0 Å². The molecule has 0 aromatic heterocycles. The lowest BCUT2D eigenvalue weighted by molar-refractivity contribution is -0.154. The van der Waals surface area contributed by atoms with E-state index < -0.39 is 23.8 Å². The Balaban J connectivity index is 1.99. The van der Waals surface area contributed by atoms with Gasteiger partial charge < -0.3 is 9.47 Å². The summed E-state index contributed by atoms with van der Waals surface area (Å²) in [5.41, 5.74) is 3.11. The number of ether oxygens (including phenoxy) is 2. The second kappa shape index (κ2) is 6.30. The molecule has 3 atom stereocenters. The minimum Gasteiger partial charge on any atom is -0.466 e. The third-order valence-electron chi connectivity index (χ3n) is 5.22. The predicted octanol–water partition coefficient (Wildman–Crippen LogP) is 2.70. The van der Waals surface area contributed by atoms with Gasteiger partial charge in [-0.15, -0.1) is 0 Å². The number of allylic oxidation sites excluding steroid dienone is 2. The van der Waals surface area contributed by atoms with Gasteiger partial charge >= 0.3 is 17.9 Å². The fourth-order valence-electron chi connectivity index (χ4n) is 4.24. The van der Waals surface area contributed by atoms with Crippen molar-refractivity contribution in [2.24, 2.45) is 17.8 Å². The van der Waals surface area contributed by atoms with Crippen molar-refractivity contribution < 1.29 is 23.9 Å².